The maximum absolute atomic E-state index is 11.9. The Morgan fingerprint density at radius 2 is 1.40 bits per heavy atom. The molecule has 4 rings (SSSR count). The van der Waals surface area contributed by atoms with Crippen molar-refractivity contribution < 1.29 is 9.53 Å². The van der Waals surface area contributed by atoms with E-state index in [9.17, 15) is 4.79 Å². The highest BCUT2D eigenvalue weighted by atomic mass is 16.6. The van der Waals surface area contributed by atoms with Gasteiger partial charge in [0.25, 0.3) is 0 Å². The predicted molar refractivity (Wildman–Crippen MR) is 76.4 cm³/mol. The van der Waals surface area contributed by atoms with E-state index >= 15 is 0 Å². The van der Waals surface area contributed by atoms with Gasteiger partial charge in [-0.3, -0.25) is 4.79 Å². The molecule has 0 amide bonds. The first kappa shape index (κ1) is 11.7. The third-order valence-electron chi connectivity index (χ3n) is 4.66. The van der Waals surface area contributed by atoms with Gasteiger partial charge < -0.3 is 4.74 Å². The summed E-state index contributed by atoms with van der Waals surface area (Å²) >= 11 is 0. The smallest absolute Gasteiger partial charge is 0.313 e. The normalized spacial score (nSPS) is 31.3. The highest BCUT2D eigenvalue weighted by Gasteiger charge is 2.56. The molecule has 2 aromatic rings. The molecule has 0 unspecified atom stereocenters. The van der Waals surface area contributed by atoms with Crippen LogP contribution >= 0.6 is 0 Å². The molecule has 2 heteroatoms. The number of hydrogen-bond donors (Lipinski definition) is 0. The van der Waals surface area contributed by atoms with Crippen molar-refractivity contribution >= 4 is 5.97 Å². The molecule has 1 aliphatic heterocycles. The van der Waals surface area contributed by atoms with Crippen molar-refractivity contribution in [1.29, 1.82) is 0 Å². The van der Waals surface area contributed by atoms with Crippen LogP contribution in [0.4, 0.5) is 0 Å². The Hall–Kier alpha value is -2.09. The molecule has 0 spiro atoms. The average Bonchev–Trinajstić information content (AvgIpc) is 2.82. The van der Waals surface area contributed by atoms with Crippen molar-refractivity contribution in [2.75, 3.05) is 0 Å². The van der Waals surface area contributed by atoms with E-state index in [0.29, 0.717) is 5.92 Å². The van der Waals surface area contributed by atoms with Crippen LogP contribution in [-0.2, 0) is 9.53 Å². The third-order valence-corrected chi connectivity index (χ3v) is 4.66. The topological polar surface area (TPSA) is 26.3 Å². The molecule has 0 bridgehead atoms. The summed E-state index contributed by atoms with van der Waals surface area (Å²) in [5, 5.41) is 0. The lowest BCUT2D eigenvalue weighted by Gasteiger charge is -2.33. The Morgan fingerprint density at radius 1 is 0.800 bits per heavy atom. The molecule has 0 aromatic heterocycles. The fraction of sp³-hybridized carbons (Fsp3) is 0.278. The largest absolute Gasteiger partial charge is 0.461 e. The monoisotopic (exact) mass is 264 g/mol. The van der Waals surface area contributed by atoms with Gasteiger partial charge in [0.1, 0.15) is 12.0 Å². The molecule has 2 aromatic carbocycles. The van der Waals surface area contributed by atoms with Crippen LogP contribution in [0.2, 0.25) is 0 Å². The van der Waals surface area contributed by atoms with Gasteiger partial charge >= 0.3 is 5.97 Å². The second kappa shape index (κ2) is 4.48. The lowest BCUT2D eigenvalue weighted by molar-refractivity contribution is -0.181. The van der Waals surface area contributed by atoms with E-state index in [2.05, 4.69) is 48.5 Å². The number of ether oxygens (including phenoxy) is 1. The molecule has 1 aliphatic carbocycles. The summed E-state index contributed by atoms with van der Waals surface area (Å²) < 4.78 is 5.33. The minimum Gasteiger partial charge on any atom is -0.461 e. The molecule has 4 atom stereocenters. The summed E-state index contributed by atoms with van der Waals surface area (Å²) in [6.07, 6.45) is 1.05. The average molecular weight is 264 g/mol. The van der Waals surface area contributed by atoms with Crippen molar-refractivity contribution in [2.45, 2.75) is 24.4 Å². The minimum atomic E-state index is -0.0257. The molecule has 2 nitrogen and oxygen atoms in total. The fourth-order valence-corrected chi connectivity index (χ4v) is 3.76. The van der Waals surface area contributed by atoms with Gasteiger partial charge in [0, 0.05) is 5.92 Å². The van der Waals surface area contributed by atoms with E-state index in [-0.39, 0.29) is 23.9 Å². The molecule has 2 fully saturated rings. The Balaban J connectivity index is 1.76. The predicted octanol–water partition coefficient (Wildman–Crippen LogP) is 3.50. The maximum atomic E-state index is 11.9. The van der Waals surface area contributed by atoms with Gasteiger partial charge in [0.2, 0.25) is 0 Å². The van der Waals surface area contributed by atoms with Crippen molar-refractivity contribution in [1.82, 2.24) is 0 Å². The van der Waals surface area contributed by atoms with Crippen molar-refractivity contribution in [3.8, 4) is 0 Å². The van der Waals surface area contributed by atoms with E-state index < -0.39 is 0 Å². The van der Waals surface area contributed by atoms with E-state index in [1.54, 1.807) is 0 Å². The van der Waals surface area contributed by atoms with Crippen LogP contribution in [0.25, 0.3) is 0 Å². The lowest BCUT2D eigenvalue weighted by atomic mass is 9.79. The molecule has 1 saturated heterocycles. The van der Waals surface area contributed by atoms with Gasteiger partial charge in [0.05, 0.1) is 0 Å². The van der Waals surface area contributed by atoms with E-state index in [4.69, 9.17) is 4.74 Å². The van der Waals surface area contributed by atoms with Crippen molar-refractivity contribution in [3.05, 3.63) is 71.8 Å². The summed E-state index contributed by atoms with van der Waals surface area (Å²) in [5.74, 6) is 0.648. The number of hydrogen-bond acceptors (Lipinski definition) is 2. The number of benzene rings is 2. The molecule has 2 aliphatic rings. The first-order chi connectivity index (χ1) is 9.84. The van der Waals surface area contributed by atoms with Crippen LogP contribution in [0, 0.1) is 5.92 Å². The number of rotatable bonds is 2. The Kier molecular flexibility index (Phi) is 2.62. The number of esters is 1. The highest BCUT2D eigenvalue weighted by molar-refractivity contribution is 5.81. The molecule has 100 valence electrons. The number of carbonyl (C=O) groups excluding carboxylic acids is 1. The Bertz CT molecular complexity index is 620. The van der Waals surface area contributed by atoms with E-state index in [1.165, 1.54) is 11.1 Å². The first-order valence-corrected chi connectivity index (χ1v) is 7.15. The number of fused-ring (bicyclic) bond motifs is 1. The third kappa shape index (κ3) is 1.68. The highest BCUT2D eigenvalue weighted by Crippen LogP contribution is 2.55. The van der Waals surface area contributed by atoms with Gasteiger partial charge in [-0.05, 0) is 23.5 Å². The van der Waals surface area contributed by atoms with E-state index in [1.807, 2.05) is 12.1 Å². The molecule has 20 heavy (non-hydrogen) atoms. The molecular weight excluding hydrogens is 248 g/mol. The molecular formula is C18H16O2. The molecule has 1 heterocycles. The van der Waals surface area contributed by atoms with Gasteiger partial charge in [0.15, 0.2) is 0 Å². The number of carbonyl (C=O) groups is 1. The molecule has 0 radical (unpaired) electrons. The minimum absolute atomic E-state index is 0.0257. The quantitative estimate of drug-likeness (QED) is 0.776. The van der Waals surface area contributed by atoms with Crippen LogP contribution < -0.4 is 0 Å². The molecule has 1 saturated carbocycles. The van der Waals surface area contributed by atoms with Crippen LogP contribution in [-0.4, -0.2) is 12.1 Å². The van der Waals surface area contributed by atoms with Crippen molar-refractivity contribution in [3.63, 3.8) is 0 Å². The second-order valence-electron chi connectivity index (χ2n) is 5.69. The fourth-order valence-electron chi connectivity index (χ4n) is 3.76. The summed E-state index contributed by atoms with van der Waals surface area (Å²) in [7, 11) is 0. The zero-order chi connectivity index (χ0) is 13.5. The SMILES string of the molecule is O=C1O[C@H]2C[C@H](c3ccccc3)[C@H](c3ccccc3)[C@@H]12. The first-order valence-electron chi connectivity index (χ1n) is 7.15. The van der Waals surface area contributed by atoms with E-state index in [0.717, 1.165) is 6.42 Å². The zero-order valence-corrected chi connectivity index (χ0v) is 11.1. The van der Waals surface area contributed by atoms with Crippen LogP contribution in [0.1, 0.15) is 29.4 Å². The zero-order valence-electron chi connectivity index (χ0n) is 11.1. The van der Waals surface area contributed by atoms with Gasteiger partial charge in [-0.2, -0.15) is 0 Å². The van der Waals surface area contributed by atoms with Crippen molar-refractivity contribution in [2.24, 2.45) is 5.92 Å². The van der Waals surface area contributed by atoms with Crippen LogP contribution in [0.3, 0.4) is 0 Å². The van der Waals surface area contributed by atoms with Gasteiger partial charge in [-0.1, -0.05) is 60.7 Å². The van der Waals surface area contributed by atoms with Crippen LogP contribution in [0.5, 0.6) is 0 Å². The van der Waals surface area contributed by atoms with Gasteiger partial charge in [-0.15, -0.1) is 0 Å². The Morgan fingerprint density at radius 3 is 2.00 bits per heavy atom. The van der Waals surface area contributed by atoms with Crippen LogP contribution in [0.15, 0.2) is 60.7 Å². The summed E-state index contributed by atoms with van der Waals surface area (Å²) in [4.78, 5) is 11.9. The lowest BCUT2D eigenvalue weighted by Crippen LogP contribution is -2.43. The second-order valence-corrected chi connectivity index (χ2v) is 5.69. The summed E-state index contributed by atoms with van der Waals surface area (Å²) in [5.41, 5.74) is 2.57. The maximum Gasteiger partial charge on any atom is 0.313 e. The molecule has 0 N–H and O–H groups in total. The Labute approximate surface area is 118 Å². The summed E-state index contributed by atoms with van der Waals surface area (Å²) in [6.45, 7) is 0. The van der Waals surface area contributed by atoms with Gasteiger partial charge in [-0.25, -0.2) is 0 Å². The summed E-state index contributed by atoms with van der Waals surface area (Å²) in [6, 6.07) is 20.9. The standard InChI is InChI=1S/C18H16O2/c19-18-17-15(20-18)11-14(12-7-3-1-4-8-12)16(17)13-9-5-2-6-10-13/h1-10,14-17H,11H2/t14-,15+,16+,17+/m1/s1.